The highest BCUT2D eigenvalue weighted by molar-refractivity contribution is 9.10. The fourth-order valence-electron chi connectivity index (χ4n) is 3.64. The normalized spacial score (nSPS) is 16.9. The molecule has 0 radical (unpaired) electrons. The smallest absolute Gasteiger partial charge is 0.294 e. The Balaban J connectivity index is 1.61. The zero-order chi connectivity index (χ0) is 17.4. The Morgan fingerprint density at radius 2 is 2.16 bits per heavy atom. The monoisotopic (exact) mass is 404 g/mol. The Morgan fingerprint density at radius 1 is 1.36 bits per heavy atom. The van der Waals surface area contributed by atoms with Crippen LogP contribution < -0.4 is 11.3 Å². The topological polar surface area (TPSA) is 88.2 Å². The van der Waals surface area contributed by atoms with Crippen LogP contribution in [0.15, 0.2) is 31.9 Å². The number of nitrogens with one attached hydrogen (secondary N) is 1. The van der Waals surface area contributed by atoms with Crippen LogP contribution in [0.3, 0.4) is 0 Å². The first-order valence-corrected chi connectivity index (χ1v) is 9.46. The van der Waals surface area contributed by atoms with E-state index in [9.17, 15) is 4.79 Å². The molecular weight excluding hydrogens is 384 g/mol. The second kappa shape index (κ2) is 6.90. The molecule has 4 rings (SSSR count). The molecule has 1 fully saturated rings. The molecule has 7 heteroatoms. The number of nitrogens with two attached hydrogens (primary N) is 1. The van der Waals surface area contributed by atoms with Crippen molar-refractivity contribution in [1.29, 1.82) is 0 Å². The van der Waals surface area contributed by atoms with Crippen molar-refractivity contribution in [2.24, 2.45) is 11.7 Å². The van der Waals surface area contributed by atoms with E-state index in [0.717, 1.165) is 54.6 Å². The Morgan fingerprint density at radius 3 is 2.92 bits per heavy atom. The van der Waals surface area contributed by atoms with Crippen LogP contribution in [0.4, 0.5) is 0 Å². The molecule has 1 saturated heterocycles. The fraction of sp³-hybridized carbons (Fsp3) is 0.444. The highest BCUT2D eigenvalue weighted by atomic mass is 79.9. The molecule has 1 aliphatic rings. The molecule has 0 aliphatic carbocycles. The number of benzene rings is 1. The zero-order valence-corrected chi connectivity index (χ0v) is 15.5. The van der Waals surface area contributed by atoms with Crippen molar-refractivity contribution in [2.45, 2.75) is 19.3 Å². The van der Waals surface area contributed by atoms with Gasteiger partial charge in [-0.25, -0.2) is 4.98 Å². The van der Waals surface area contributed by atoms with E-state index >= 15 is 0 Å². The van der Waals surface area contributed by atoms with E-state index in [2.05, 4.69) is 25.8 Å². The van der Waals surface area contributed by atoms with E-state index in [1.54, 1.807) is 0 Å². The van der Waals surface area contributed by atoms with E-state index in [4.69, 9.17) is 15.1 Å². The minimum Gasteiger partial charge on any atom is -0.449 e. The van der Waals surface area contributed by atoms with Crippen LogP contribution >= 0.6 is 15.9 Å². The maximum absolute atomic E-state index is 12.4. The van der Waals surface area contributed by atoms with Gasteiger partial charge in [0.1, 0.15) is 16.9 Å². The van der Waals surface area contributed by atoms with Crippen molar-refractivity contribution >= 4 is 38.0 Å². The van der Waals surface area contributed by atoms with Crippen LogP contribution in [-0.2, 0) is 6.42 Å². The fourth-order valence-corrected chi connectivity index (χ4v) is 4.00. The van der Waals surface area contributed by atoms with Gasteiger partial charge in [-0.3, -0.25) is 4.79 Å². The molecule has 1 aliphatic heterocycles. The lowest BCUT2D eigenvalue weighted by molar-refractivity contribution is 0.187. The number of halogens is 1. The molecule has 0 bridgehead atoms. The lowest BCUT2D eigenvalue weighted by atomic mass is 9.93. The van der Waals surface area contributed by atoms with Gasteiger partial charge in [0, 0.05) is 29.4 Å². The molecule has 0 amide bonds. The van der Waals surface area contributed by atoms with Crippen molar-refractivity contribution in [3.63, 3.8) is 0 Å². The molecule has 0 unspecified atom stereocenters. The zero-order valence-electron chi connectivity index (χ0n) is 13.9. The first kappa shape index (κ1) is 16.8. The predicted octanol–water partition coefficient (Wildman–Crippen LogP) is 2.65. The number of nitrogens with zero attached hydrogens (tertiary/aromatic N) is 2. The number of hydrogen-bond acceptors (Lipinski definition) is 5. The van der Waals surface area contributed by atoms with Crippen molar-refractivity contribution in [2.75, 3.05) is 26.2 Å². The average molecular weight is 405 g/mol. The maximum Gasteiger partial charge on any atom is 0.294 e. The third-order valence-electron chi connectivity index (χ3n) is 4.97. The lowest BCUT2D eigenvalue weighted by Gasteiger charge is -2.31. The molecule has 132 valence electrons. The van der Waals surface area contributed by atoms with Gasteiger partial charge < -0.3 is 20.0 Å². The first-order chi connectivity index (χ1) is 12.1. The van der Waals surface area contributed by atoms with Gasteiger partial charge in [0.15, 0.2) is 0 Å². The largest absolute Gasteiger partial charge is 0.449 e. The third-order valence-corrected chi connectivity index (χ3v) is 5.46. The van der Waals surface area contributed by atoms with E-state index in [-0.39, 0.29) is 5.56 Å². The number of rotatable bonds is 4. The van der Waals surface area contributed by atoms with Crippen LogP contribution in [-0.4, -0.2) is 41.0 Å². The molecule has 25 heavy (non-hydrogen) atoms. The van der Waals surface area contributed by atoms with Crippen molar-refractivity contribution in [3.05, 3.63) is 38.9 Å². The predicted molar refractivity (Wildman–Crippen MR) is 102 cm³/mol. The van der Waals surface area contributed by atoms with Gasteiger partial charge in [-0.15, -0.1) is 0 Å². The summed E-state index contributed by atoms with van der Waals surface area (Å²) in [5.74, 6) is 1.29. The summed E-state index contributed by atoms with van der Waals surface area (Å²) >= 11 is 3.47. The minimum atomic E-state index is -0.201. The Hall–Kier alpha value is -1.70. The number of H-pyrrole nitrogens is 1. The molecule has 3 aromatic rings. The van der Waals surface area contributed by atoms with Crippen molar-refractivity contribution < 1.29 is 4.42 Å². The van der Waals surface area contributed by atoms with Gasteiger partial charge in [-0.1, -0.05) is 15.9 Å². The first-order valence-electron chi connectivity index (χ1n) is 8.67. The van der Waals surface area contributed by atoms with Crippen LogP contribution in [0.1, 0.15) is 18.7 Å². The van der Waals surface area contributed by atoms with E-state index < -0.39 is 0 Å². The van der Waals surface area contributed by atoms with Gasteiger partial charge in [0.2, 0.25) is 5.58 Å². The summed E-state index contributed by atoms with van der Waals surface area (Å²) < 4.78 is 6.62. The van der Waals surface area contributed by atoms with Gasteiger partial charge >= 0.3 is 0 Å². The summed E-state index contributed by atoms with van der Waals surface area (Å²) in [4.78, 5) is 22.4. The van der Waals surface area contributed by atoms with E-state index in [1.165, 1.54) is 0 Å². The molecule has 2 aromatic heterocycles. The summed E-state index contributed by atoms with van der Waals surface area (Å²) in [6, 6.07) is 5.70. The number of hydrogen-bond donors (Lipinski definition) is 2. The SMILES string of the molecule is NCCN1CCC(Cc2nc3c(oc4ccc(Br)cc43)c(=O)[nH]2)CC1. The average Bonchev–Trinajstić information content (AvgIpc) is 2.96. The summed E-state index contributed by atoms with van der Waals surface area (Å²) in [7, 11) is 0. The molecule has 6 nitrogen and oxygen atoms in total. The van der Waals surface area contributed by atoms with E-state index in [1.807, 2.05) is 18.2 Å². The number of aromatic nitrogens is 2. The second-order valence-corrected chi connectivity index (χ2v) is 7.63. The summed E-state index contributed by atoms with van der Waals surface area (Å²) in [6.07, 6.45) is 3.02. The maximum atomic E-state index is 12.4. The number of piperidine rings is 1. The van der Waals surface area contributed by atoms with Crippen LogP contribution in [0.2, 0.25) is 0 Å². The summed E-state index contributed by atoms with van der Waals surface area (Å²) in [5, 5.41) is 0.870. The van der Waals surface area contributed by atoms with Gasteiger partial charge in [0.25, 0.3) is 5.56 Å². The number of likely N-dealkylation sites (tertiary alicyclic amines) is 1. The molecule has 0 spiro atoms. The standard InChI is InChI=1S/C18H21BrN4O2/c19-12-1-2-14-13(10-12)16-17(25-14)18(24)22-15(21-16)9-11-3-6-23(7-4-11)8-5-20/h1-2,10-11H,3-9,20H2,(H,21,22,24). The van der Waals surface area contributed by atoms with E-state index in [0.29, 0.717) is 29.1 Å². The number of aromatic amines is 1. The van der Waals surface area contributed by atoms with Crippen LogP contribution in [0, 0.1) is 5.92 Å². The Labute approximate surface area is 153 Å². The van der Waals surface area contributed by atoms with Gasteiger partial charge in [-0.2, -0.15) is 0 Å². The molecule has 0 saturated carbocycles. The Bertz CT molecular complexity index is 957. The molecule has 3 heterocycles. The highest BCUT2D eigenvalue weighted by Crippen LogP contribution is 2.28. The molecule has 3 N–H and O–H groups in total. The summed E-state index contributed by atoms with van der Waals surface area (Å²) in [5.41, 5.74) is 7.06. The van der Waals surface area contributed by atoms with Crippen LogP contribution in [0.25, 0.3) is 22.1 Å². The third kappa shape index (κ3) is 3.36. The quantitative estimate of drug-likeness (QED) is 0.697. The van der Waals surface area contributed by atoms with Gasteiger partial charge in [-0.05, 0) is 50.0 Å². The molecule has 1 aromatic carbocycles. The Kier molecular flexibility index (Phi) is 4.62. The highest BCUT2D eigenvalue weighted by Gasteiger charge is 2.21. The number of fused-ring (bicyclic) bond motifs is 3. The number of furan rings is 1. The van der Waals surface area contributed by atoms with Crippen molar-refractivity contribution in [1.82, 2.24) is 14.9 Å². The van der Waals surface area contributed by atoms with Crippen molar-refractivity contribution in [3.8, 4) is 0 Å². The van der Waals surface area contributed by atoms with Crippen LogP contribution in [0.5, 0.6) is 0 Å². The summed E-state index contributed by atoms with van der Waals surface area (Å²) in [6.45, 7) is 3.80. The molecular formula is C18H21BrN4O2. The second-order valence-electron chi connectivity index (χ2n) is 6.71. The van der Waals surface area contributed by atoms with Gasteiger partial charge in [0.05, 0.1) is 0 Å². The minimum absolute atomic E-state index is 0.201. The lowest BCUT2D eigenvalue weighted by Crippen LogP contribution is -2.37. The molecule has 0 atom stereocenters.